The van der Waals surface area contributed by atoms with Crippen LogP contribution in [-0.4, -0.2) is 36.5 Å². The van der Waals surface area contributed by atoms with Crippen molar-refractivity contribution in [2.24, 2.45) is 0 Å². The predicted molar refractivity (Wildman–Crippen MR) is 89.8 cm³/mol. The zero-order valence-corrected chi connectivity index (χ0v) is 14.0. The van der Waals surface area contributed by atoms with Crippen LogP contribution in [0.3, 0.4) is 0 Å². The van der Waals surface area contributed by atoms with Gasteiger partial charge in [0, 0.05) is 18.2 Å². The van der Waals surface area contributed by atoms with Gasteiger partial charge in [0.2, 0.25) is 5.91 Å². The summed E-state index contributed by atoms with van der Waals surface area (Å²) in [5.74, 6) is -0.254. The number of nitrogens with zero attached hydrogens (tertiary/aromatic N) is 1. The molecular formula is C19H27FN2O. The van der Waals surface area contributed by atoms with E-state index in [0.29, 0.717) is 5.56 Å². The van der Waals surface area contributed by atoms with Crippen LogP contribution in [0.25, 0.3) is 0 Å². The van der Waals surface area contributed by atoms with Crippen molar-refractivity contribution >= 4 is 5.91 Å². The molecule has 3 nitrogen and oxygen atoms in total. The lowest BCUT2D eigenvalue weighted by Crippen LogP contribution is -2.48. The Balaban J connectivity index is 1.64. The number of halogens is 1. The van der Waals surface area contributed by atoms with Gasteiger partial charge in [0.05, 0.1) is 5.41 Å². The van der Waals surface area contributed by atoms with Crippen molar-refractivity contribution in [1.82, 2.24) is 10.2 Å². The number of carbonyl (C=O) groups excluding carboxylic acids is 1. The standard InChI is InChI=1S/C19H27FN2O/c1-2-15(14-22-12-6-3-7-13-22)21-18(23)19(10-11-19)16-8-4-5-9-17(16)20/h4-5,8-9,15H,2-3,6-7,10-14H2,1H3,(H,21,23)/t15-/m1/s1. The molecular weight excluding hydrogens is 291 g/mol. The third kappa shape index (κ3) is 3.57. The van der Waals surface area contributed by atoms with Crippen molar-refractivity contribution < 1.29 is 9.18 Å². The SMILES string of the molecule is CC[C@H](CN1CCCCC1)NC(=O)C1(c2ccccc2F)CC1. The monoisotopic (exact) mass is 318 g/mol. The Labute approximate surface area is 138 Å². The minimum Gasteiger partial charge on any atom is -0.351 e. The molecule has 1 aromatic carbocycles. The summed E-state index contributed by atoms with van der Waals surface area (Å²) < 4.78 is 14.1. The largest absolute Gasteiger partial charge is 0.351 e. The van der Waals surface area contributed by atoms with E-state index < -0.39 is 5.41 Å². The number of nitrogens with one attached hydrogen (secondary N) is 1. The van der Waals surface area contributed by atoms with Gasteiger partial charge in [-0.05, 0) is 51.3 Å². The normalized spacial score (nSPS) is 21.7. The molecule has 1 aromatic rings. The first kappa shape index (κ1) is 16.4. The second-order valence-electron chi connectivity index (χ2n) is 7.00. The summed E-state index contributed by atoms with van der Waals surface area (Å²) in [6.45, 7) is 5.28. The Morgan fingerprint density at radius 1 is 1.26 bits per heavy atom. The molecule has 0 aromatic heterocycles. The molecule has 0 radical (unpaired) electrons. The number of piperidine rings is 1. The maximum Gasteiger partial charge on any atom is 0.231 e. The minimum absolute atomic E-state index is 0.00598. The van der Waals surface area contributed by atoms with Crippen LogP contribution < -0.4 is 5.32 Å². The van der Waals surface area contributed by atoms with E-state index in [9.17, 15) is 9.18 Å². The summed E-state index contributed by atoms with van der Waals surface area (Å²) in [5, 5.41) is 3.20. The quantitative estimate of drug-likeness (QED) is 0.873. The van der Waals surface area contributed by atoms with Gasteiger partial charge in [0.25, 0.3) is 0 Å². The van der Waals surface area contributed by atoms with Crippen molar-refractivity contribution in [3.63, 3.8) is 0 Å². The van der Waals surface area contributed by atoms with E-state index in [1.54, 1.807) is 12.1 Å². The lowest BCUT2D eigenvalue weighted by molar-refractivity contribution is -0.124. The van der Waals surface area contributed by atoms with Crippen molar-refractivity contribution in [2.75, 3.05) is 19.6 Å². The topological polar surface area (TPSA) is 32.3 Å². The van der Waals surface area contributed by atoms with Gasteiger partial charge in [-0.15, -0.1) is 0 Å². The third-order valence-electron chi connectivity index (χ3n) is 5.33. The highest BCUT2D eigenvalue weighted by Gasteiger charge is 2.52. The Morgan fingerprint density at radius 3 is 2.57 bits per heavy atom. The van der Waals surface area contributed by atoms with E-state index in [4.69, 9.17) is 0 Å². The molecule has 1 atom stereocenters. The van der Waals surface area contributed by atoms with Crippen LogP contribution in [0.1, 0.15) is 51.0 Å². The van der Waals surface area contributed by atoms with Crippen LogP contribution in [-0.2, 0) is 10.2 Å². The van der Waals surface area contributed by atoms with Gasteiger partial charge in [0.15, 0.2) is 0 Å². The fourth-order valence-corrected chi connectivity index (χ4v) is 3.65. The average molecular weight is 318 g/mol. The number of amides is 1. The van der Waals surface area contributed by atoms with Gasteiger partial charge in [0.1, 0.15) is 5.82 Å². The first-order valence-electron chi connectivity index (χ1n) is 8.94. The molecule has 1 heterocycles. The molecule has 1 aliphatic heterocycles. The Hall–Kier alpha value is -1.42. The first-order valence-corrected chi connectivity index (χ1v) is 8.94. The van der Waals surface area contributed by atoms with Crippen LogP contribution in [0.2, 0.25) is 0 Å². The second-order valence-corrected chi connectivity index (χ2v) is 7.00. The Bertz CT molecular complexity index is 550. The van der Waals surface area contributed by atoms with Gasteiger partial charge in [-0.1, -0.05) is 31.5 Å². The maximum absolute atomic E-state index is 14.1. The zero-order valence-electron chi connectivity index (χ0n) is 14.0. The molecule has 126 valence electrons. The molecule has 1 aliphatic carbocycles. The average Bonchev–Trinajstić information content (AvgIpc) is 3.37. The van der Waals surface area contributed by atoms with Crippen LogP contribution in [0.4, 0.5) is 4.39 Å². The van der Waals surface area contributed by atoms with Gasteiger partial charge in [-0.2, -0.15) is 0 Å². The fraction of sp³-hybridized carbons (Fsp3) is 0.632. The molecule has 3 rings (SSSR count). The summed E-state index contributed by atoms with van der Waals surface area (Å²) >= 11 is 0. The number of carbonyl (C=O) groups is 1. The van der Waals surface area contributed by atoms with E-state index in [1.165, 1.54) is 25.3 Å². The molecule has 1 saturated carbocycles. The number of hydrogen-bond donors (Lipinski definition) is 1. The van der Waals surface area contributed by atoms with Crippen LogP contribution in [0, 0.1) is 5.82 Å². The van der Waals surface area contributed by atoms with Crippen molar-refractivity contribution in [3.05, 3.63) is 35.6 Å². The van der Waals surface area contributed by atoms with E-state index in [-0.39, 0.29) is 17.8 Å². The highest BCUT2D eigenvalue weighted by molar-refractivity contribution is 5.91. The Kier molecular flexibility index (Phi) is 5.00. The highest BCUT2D eigenvalue weighted by Crippen LogP contribution is 2.49. The fourth-order valence-electron chi connectivity index (χ4n) is 3.65. The lowest BCUT2D eigenvalue weighted by Gasteiger charge is -2.31. The molecule has 2 fully saturated rings. The lowest BCUT2D eigenvalue weighted by atomic mass is 9.94. The van der Waals surface area contributed by atoms with E-state index in [1.807, 2.05) is 6.07 Å². The van der Waals surface area contributed by atoms with Crippen LogP contribution in [0.5, 0.6) is 0 Å². The second kappa shape index (κ2) is 7.00. The molecule has 0 unspecified atom stereocenters. The number of hydrogen-bond acceptors (Lipinski definition) is 2. The predicted octanol–water partition coefficient (Wildman–Crippen LogP) is 3.24. The number of rotatable bonds is 6. The van der Waals surface area contributed by atoms with E-state index >= 15 is 0 Å². The van der Waals surface area contributed by atoms with Crippen LogP contribution in [0.15, 0.2) is 24.3 Å². The smallest absolute Gasteiger partial charge is 0.231 e. The van der Waals surface area contributed by atoms with E-state index in [0.717, 1.165) is 38.9 Å². The highest BCUT2D eigenvalue weighted by atomic mass is 19.1. The third-order valence-corrected chi connectivity index (χ3v) is 5.33. The summed E-state index contributed by atoms with van der Waals surface area (Å²) in [7, 11) is 0. The van der Waals surface area contributed by atoms with E-state index in [2.05, 4.69) is 17.1 Å². The summed E-state index contributed by atoms with van der Waals surface area (Å²) in [5.41, 5.74) is -0.0639. The molecule has 23 heavy (non-hydrogen) atoms. The molecule has 1 N–H and O–H groups in total. The first-order chi connectivity index (χ1) is 11.2. The molecule has 4 heteroatoms. The summed E-state index contributed by atoms with van der Waals surface area (Å²) in [6.07, 6.45) is 6.23. The van der Waals surface area contributed by atoms with Crippen LogP contribution >= 0.6 is 0 Å². The molecule has 2 aliphatic rings. The maximum atomic E-state index is 14.1. The summed E-state index contributed by atoms with van der Waals surface area (Å²) in [4.78, 5) is 15.2. The molecule has 0 bridgehead atoms. The van der Waals surface area contributed by atoms with Gasteiger partial charge in [-0.25, -0.2) is 4.39 Å². The zero-order chi connectivity index (χ0) is 16.3. The number of benzene rings is 1. The Morgan fingerprint density at radius 2 is 1.96 bits per heavy atom. The number of likely N-dealkylation sites (tertiary alicyclic amines) is 1. The minimum atomic E-state index is -0.624. The molecule has 1 saturated heterocycles. The summed E-state index contributed by atoms with van der Waals surface area (Å²) in [6, 6.07) is 6.86. The molecule has 0 spiro atoms. The van der Waals surface area contributed by atoms with Gasteiger partial charge >= 0.3 is 0 Å². The van der Waals surface area contributed by atoms with Gasteiger partial charge < -0.3 is 10.2 Å². The molecule has 1 amide bonds. The van der Waals surface area contributed by atoms with Crippen molar-refractivity contribution in [2.45, 2.75) is 56.9 Å². The van der Waals surface area contributed by atoms with Crippen molar-refractivity contribution in [1.29, 1.82) is 0 Å². The van der Waals surface area contributed by atoms with Gasteiger partial charge in [-0.3, -0.25) is 4.79 Å². The van der Waals surface area contributed by atoms with Crippen molar-refractivity contribution in [3.8, 4) is 0 Å².